The number of aliphatic imine (C=N–C) groups is 1. The van der Waals surface area contributed by atoms with Gasteiger partial charge in [-0.15, -0.1) is 0 Å². The van der Waals surface area contributed by atoms with Gasteiger partial charge < -0.3 is 11.5 Å². The van der Waals surface area contributed by atoms with Gasteiger partial charge in [0.05, 0.1) is 0 Å². The molecular formula is C15H18N4O2. The molecule has 1 aromatic carbocycles. The van der Waals surface area contributed by atoms with Crippen LogP contribution in [0.25, 0.3) is 5.57 Å². The summed E-state index contributed by atoms with van der Waals surface area (Å²) in [6, 6.07) is 7.09. The van der Waals surface area contributed by atoms with Crippen molar-refractivity contribution < 1.29 is 9.59 Å². The number of carbonyl (C=O) groups is 2. The van der Waals surface area contributed by atoms with Crippen molar-refractivity contribution in [2.75, 3.05) is 0 Å². The summed E-state index contributed by atoms with van der Waals surface area (Å²) in [6.45, 7) is 0.478. The Morgan fingerprint density at radius 3 is 2.62 bits per heavy atom. The molecule has 0 aromatic heterocycles. The van der Waals surface area contributed by atoms with Crippen LogP contribution in [0.2, 0.25) is 0 Å². The maximum absolute atomic E-state index is 11.6. The van der Waals surface area contributed by atoms with E-state index in [2.05, 4.69) is 10.3 Å². The van der Waals surface area contributed by atoms with Crippen molar-refractivity contribution in [3.8, 4) is 0 Å². The molecule has 0 spiro atoms. The molecule has 110 valence electrons. The first-order valence-corrected chi connectivity index (χ1v) is 6.72. The Morgan fingerprint density at radius 2 is 2.05 bits per heavy atom. The number of nitrogens with two attached hydrogens (primary N) is 2. The molecule has 0 bridgehead atoms. The zero-order chi connectivity index (χ0) is 15.2. The van der Waals surface area contributed by atoms with Crippen molar-refractivity contribution in [1.29, 1.82) is 0 Å². The van der Waals surface area contributed by atoms with E-state index in [0.29, 0.717) is 25.0 Å². The summed E-state index contributed by atoms with van der Waals surface area (Å²) >= 11 is 0. The van der Waals surface area contributed by atoms with Crippen molar-refractivity contribution in [2.45, 2.75) is 25.4 Å². The molecule has 2 amide bonds. The topological polar surface area (TPSA) is 111 Å². The van der Waals surface area contributed by atoms with Gasteiger partial charge in [0.15, 0.2) is 0 Å². The molecular weight excluding hydrogens is 268 g/mol. The van der Waals surface area contributed by atoms with Crippen LogP contribution in [0, 0.1) is 0 Å². The van der Waals surface area contributed by atoms with Crippen molar-refractivity contribution in [2.24, 2.45) is 16.5 Å². The van der Waals surface area contributed by atoms with E-state index in [1.807, 2.05) is 24.3 Å². The van der Waals surface area contributed by atoms with Gasteiger partial charge in [0.2, 0.25) is 5.91 Å². The molecule has 21 heavy (non-hydrogen) atoms. The number of nitrogens with zero attached hydrogens (tertiary/aromatic N) is 1. The Labute approximate surface area is 122 Å². The molecule has 0 saturated carbocycles. The molecule has 5 N–H and O–H groups in total. The van der Waals surface area contributed by atoms with Gasteiger partial charge in [-0.1, -0.05) is 24.3 Å². The maximum Gasteiger partial charge on any atom is 0.251 e. The smallest absolute Gasteiger partial charge is 0.251 e. The van der Waals surface area contributed by atoms with Crippen LogP contribution in [0.4, 0.5) is 0 Å². The third-order valence-corrected chi connectivity index (χ3v) is 3.31. The number of benzene rings is 1. The first kappa shape index (κ1) is 14.9. The van der Waals surface area contributed by atoms with Crippen LogP contribution < -0.4 is 16.8 Å². The standard InChI is InChI=1S/C15H18N4O2/c16-7-10-1-3-11(4-2-10)12(8-17)9-18-13-5-6-14(20)19-15(13)21/h1-4,8-9,13H,5-7,16-17H2,(H,19,20,21)/b12-8+,18-9?. The fourth-order valence-corrected chi connectivity index (χ4v) is 2.04. The molecule has 6 nitrogen and oxygen atoms in total. The molecule has 1 heterocycles. The van der Waals surface area contributed by atoms with Crippen LogP contribution in [0.15, 0.2) is 35.5 Å². The van der Waals surface area contributed by atoms with Gasteiger partial charge in [-0.2, -0.15) is 0 Å². The maximum atomic E-state index is 11.6. The van der Waals surface area contributed by atoms with E-state index in [4.69, 9.17) is 11.5 Å². The average molecular weight is 286 g/mol. The number of allylic oxidation sites excluding steroid dienone is 1. The highest BCUT2D eigenvalue weighted by molar-refractivity contribution is 6.10. The van der Waals surface area contributed by atoms with Crippen molar-refractivity contribution in [3.05, 3.63) is 41.6 Å². The lowest BCUT2D eigenvalue weighted by molar-refractivity contribution is -0.133. The Hall–Kier alpha value is -2.47. The molecule has 6 heteroatoms. The Bertz CT molecular complexity index is 590. The van der Waals surface area contributed by atoms with Gasteiger partial charge >= 0.3 is 0 Å². The first-order valence-electron chi connectivity index (χ1n) is 6.72. The van der Waals surface area contributed by atoms with Gasteiger partial charge in [-0.3, -0.25) is 19.9 Å². The van der Waals surface area contributed by atoms with E-state index in [1.54, 1.807) is 6.21 Å². The van der Waals surface area contributed by atoms with Crippen molar-refractivity contribution in [1.82, 2.24) is 5.32 Å². The van der Waals surface area contributed by atoms with E-state index in [0.717, 1.165) is 11.1 Å². The lowest BCUT2D eigenvalue weighted by atomic mass is 10.0. The summed E-state index contributed by atoms with van der Waals surface area (Å²) in [4.78, 5) is 26.9. The van der Waals surface area contributed by atoms with E-state index < -0.39 is 6.04 Å². The highest BCUT2D eigenvalue weighted by atomic mass is 16.2. The molecule has 1 aliphatic heterocycles. The number of amides is 2. The number of nitrogens with one attached hydrogen (secondary N) is 1. The minimum absolute atomic E-state index is 0.251. The van der Waals surface area contributed by atoms with Crippen molar-refractivity contribution >= 4 is 23.6 Å². The van der Waals surface area contributed by atoms with E-state index in [9.17, 15) is 9.59 Å². The van der Waals surface area contributed by atoms with Crippen LogP contribution in [0.1, 0.15) is 24.0 Å². The molecule has 1 unspecified atom stereocenters. The summed E-state index contributed by atoms with van der Waals surface area (Å²) in [5.74, 6) is -0.615. The highest BCUT2D eigenvalue weighted by Gasteiger charge is 2.25. The second-order valence-electron chi connectivity index (χ2n) is 4.77. The number of carbonyl (C=O) groups excluding carboxylic acids is 2. The zero-order valence-electron chi connectivity index (χ0n) is 11.6. The first-order chi connectivity index (χ1) is 10.1. The number of hydrogen-bond donors (Lipinski definition) is 3. The second-order valence-corrected chi connectivity index (χ2v) is 4.77. The van der Waals surface area contributed by atoms with Crippen molar-refractivity contribution in [3.63, 3.8) is 0 Å². The quantitative estimate of drug-likeness (QED) is 0.547. The number of piperidine rings is 1. The third kappa shape index (κ3) is 3.76. The fourth-order valence-electron chi connectivity index (χ4n) is 2.04. The summed E-state index contributed by atoms with van der Waals surface area (Å²) < 4.78 is 0. The van der Waals surface area contributed by atoms with Crippen LogP contribution in [0.3, 0.4) is 0 Å². The van der Waals surface area contributed by atoms with Gasteiger partial charge in [-0.25, -0.2) is 0 Å². The molecule has 1 atom stereocenters. The predicted molar refractivity (Wildman–Crippen MR) is 81.2 cm³/mol. The van der Waals surface area contributed by atoms with E-state index >= 15 is 0 Å². The minimum Gasteiger partial charge on any atom is -0.404 e. The number of imide groups is 1. The normalized spacial score (nSPS) is 19.9. The Kier molecular flexibility index (Phi) is 4.84. The monoisotopic (exact) mass is 286 g/mol. The van der Waals surface area contributed by atoms with Crippen LogP contribution in [-0.2, 0) is 16.1 Å². The average Bonchev–Trinajstić information content (AvgIpc) is 2.50. The zero-order valence-corrected chi connectivity index (χ0v) is 11.6. The lowest BCUT2D eigenvalue weighted by Crippen LogP contribution is -2.43. The lowest BCUT2D eigenvalue weighted by Gasteiger charge is -2.17. The Balaban J connectivity index is 2.09. The largest absolute Gasteiger partial charge is 0.404 e. The summed E-state index contributed by atoms with van der Waals surface area (Å²) in [5, 5.41) is 2.27. The molecule has 1 aromatic rings. The summed E-state index contributed by atoms with van der Waals surface area (Å²) in [7, 11) is 0. The van der Waals surface area contributed by atoms with Crippen LogP contribution in [-0.4, -0.2) is 24.1 Å². The molecule has 1 fully saturated rings. The number of rotatable bonds is 4. The number of hydrogen-bond acceptors (Lipinski definition) is 5. The summed E-state index contributed by atoms with van der Waals surface area (Å²) in [5.41, 5.74) is 13.8. The van der Waals surface area contributed by atoms with Gasteiger partial charge in [0.25, 0.3) is 5.91 Å². The predicted octanol–water partition coefficient (Wildman–Crippen LogP) is 0.321. The molecule has 0 aliphatic carbocycles. The minimum atomic E-state index is -0.541. The highest BCUT2D eigenvalue weighted by Crippen LogP contribution is 2.14. The molecule has 1 saturated heterocycles. The fraction of sp³-hybridized carbons (Fsp3) is 0.267. The van der Waals surface area contributed by atoms with Crippen LogP contribution in [0.5, 0.6) is 0 Å². The molecule has 1 aliphatic rings. The molecule has 2 rings (SSSR count). The SMILES string of the molecule is N/C=C(\C=NC1CCC(=O)NC1=O)c1ccc(CN)cc1. The van der Waals surface area contributed by atoms with Crippen LogP contribution >= 0.6 is 0 Å². The van der Waals surface area contributed by atoms with E-state index in [1.165, 1.54) is 6.20 Å². The third-order valence-electron chi connectivity index (χ3n) is 3.31. The Morgan fingerprint density at radius 1 is 1.33 bits per heavy atom. The van der Waals surface area contributed by atoms with Gasteiger partial charge in [0, 0.05) is 31.0 Å². The second kappa shape index (κ2) is 6.81. The van der Waals surface area contributed by atoms with Gasteiger partial charge in [-0.05, 0) is 17.5 Å². The van der Waals surface area contributed by atoms with E-state index in [-0.39, 0.29) is 11.8 Å². The summed E-state index contributed by atoms with van der Waals surface area (Å²) in [6.07, 6.45) is 3.73. The molecule has 0 radical (unpaired) electrons. The van der Waals surface area contributed by atoms with Gasteiger partial charge in [0.1, 0.15) is 6.04 Å².